The smallest absolute Gasteiger partial charge is 0.330 e. The second-order valence-electron chi connectivity index (χ2n) is 4.40. The van der Waals surface area contributed by atoms with Crippen LogP contribution < -0.4 is 11.2 Å². The Hall–Kier alpha value is -1.55. The molecule has 1 aliphatic rings. The molecule has 0 aliphatic carbocycles. The highest BCUT2D eigenvalue weighted by Crippen LogP contribution is 2.28. The Bertz CT molecular complexity index is 682. The van der Waals surface area contributed by atoms with Crippen molar-refractivity contribution in [3.8, 4) is 0 Å². The summed E-state index contributed by atoms with van der Waals surface area (Å²) >= 11 is 4.85. The van der Waals surface area contributed by atoms with Gasteiger partial charge in [-0.15, -0.1) is 0 Å². The van der Waals surface area contributed by atoms with Crippen LogP contribution in [-0.2, 0) is 4.74 Å². The molecule has 21 heavy (non-hydrogen) atoms. The van der Waals surface area contributed by atoms with Crippen LogP contribution in [0.5, 0.6) is 0 Å². The predicted molar refractivity (Wildman–Crippen MR) is 67.9 cm³/mol. The highest BCUT2D eigenvalue weighted by atomic mass is 35.5. The second kappa shape index (κ2) is 6.06. The summed E-state index contributed by atoms with van der Waals surface area (Å²) in [6, 6.07) is 0. The number of ether oxygens (including phenoxy) is 1. The van der Waals surface area contributed by atoms with Gasteiger partial charge >= 0.3 is 5.69 Å². The molecule has 0 bridgehead atoms. The zero-order chi connectivity index (χ0) is 15.7. The van der Waals surface area contributed by atoms with E-state index in [-0.39, 0.29) is 6.42 Å². The minimum absolute atomic E-state index is 0.0642. The lowest BCUT2D eigenvalue weighted by Gasteiger charge is -2.14. The van der Waals surface area contributed by atoms with Gasteiger partial charge in [0.25, 0.3) is 5.56 Å². The lowest BCUT2D eigenvalue weighted by atomic mass is 10.2. The van der Waals surface area contributed by atoms with E-state index in [0.29, 0.717) is 0 Å². The third-order valence-electron chi connectivity index (χ3n) is 3.06. The lowest BCUT2D eigenvalue weighted by molar-refractivity contribution is -0.0459. The fourth-order valence-corrected chi connectivity index (χ4v) is 2.11. The molecule has 0 spiro atoms. The number of rotatable bonds is 3. The molecule has 116 valence electrons. The first-order valence-corrected chi connectivity index (χ1v) is 6.24. The molecule has 0 amide bonds. The third-order valence-corrected chi connectivity index (χ3v) is 3.23. The molecule has 3 N–H and O–H groups in total. The summed E-state index contributed by atoms with van der Waals surface area (Å²) in [5.74, 6) is -1.62. The molecule has 2 heterocycles. The van der Waals surface area contributed by atoms with Crippen molar-refractivity contribution in [2.45, 2.75) is 24.9 Å². The van der Waals surface area contributed by atoms with Crippen molar-refractivity contribution in [1.82, 2.24) is 9.55 Å². The van der Waals surface area contributed by atoms with Gasteiger partial charge in [0.2, 0.25) is 5.29 Å². The van der Waals surface area contributed by atoms with E-state index in [2.05, 4.69) is 0 Å². The number of nitrogens with zero attached hydrogens (tertiary/aromatic N) is 1. The van der Waals surface area contributed by atoms with Crippen LogP contribution in [0, 0.1) is 0 Å². The normalized spacial score (nSPS) is 26.8. The Morgan fingerprint density at radius 2 is 2.19 bits per heavy atom. The van der Waals surface area contributed by atoms with Crippen molar-refractivity contribution in [2.75, 3.05) is 6.61 Å². The van der Waals surface area contributed by atoms with Gasteiger partial charge in [-0.3, -0.25) is 14.3 Å². The number of halogens is 3. The van der Waals surface area contributed by atoms with Crippen molar-refractivity contribution < 1.29 is 23.7 Å². The first-order valence-electron chi connectivity index (χ1n) is 5.86. The maximum Gasteiger partial charge on any atom is 0.330 e. The first kappa shape index (κ1) is 15.8. The van der Waals surface area contributed by atoms with Crippen molar-refractivity contribution in [1.29, 1.82) is 0 Å². The summed E-state index contributed by atoms with van der Waals surface area (Å²) in [5, 5.41) is 16.8. The first-order chi connectivity index (χ1) is 9.85. The highest BCUT2D eigenvalue weighted by molar-refractivity contribution is 6.30. The summed E-state index contributed by atoms with van der Waals surface area (Å²) in [7, 11) is 0. The molecular formula is C11H11ClF2N2O5. The van der Waals surface area contributed by atoms with Crippen molar-refractivity contribution >= 4 is 17.4 Å². The van der Waals surface area contributed by atoms with Crippen LogP contribution in [0.15, 0.2) is 21.1 Å². The molecule has 0 saturated carbocycles. The third kappa shape index (κ3) is 3.05. The minimum Gasteiger partial charge on any atom is -0.394 e. The minimum atomic E-state index is -1.73. The number of hydrogen-bond acceptors (Lipinski definition) is 5. The SMILES string of the molecule is O=c1[nH]c(=O)n([C@@H]2CC(O)[C@H](CO)O2)cc1C(F)=C(F)Cl. The maximum absolute atomic E-state index is 13.4. The molecule has 1 fully saturated rings. The van der Waals surface area contributed by atoms with E-state index in [9.17, 15) is 23.5 Å². The van der Waals surface area contributed by atoms with Gasteiger partial charge in [-0.2, -0.15) is 4.39 Å². The van der Waals surface area contributed by atoms with E-state index in [1.807, 2.05) is 0 Å². The van der Waals surface area contributed by atoms with Crippen LogP contribution in [0.4, 0.5) is 8.78 Å². The molecule has 1 aromatic heterocycles. The molecule has 1 saturated heterocycles. The number of nitrogens with one attached hydrogen (secondary N) is 1. The molecular weight excluding hydrogens is 314 g/mol. The van der Waals surface area contributed by atoms with E-state index in [1.165, 1.54) is 0 Å². The zero-order valence-electron chi connectivity index (χ0n) is 10.4. The average Bonchev–Trinajstić information content (AvgIpc) is 2.79. The van der Waals surface area contributed by atoms with Gasteiger partial charge in [-0.1, -0.05) is 0 Å². The van der Waals surface area contributed by atoms with Gasteiger partial charge in [0.05, 0.1) is 18.3 Å². The molecule has 1 unspecified atom stereocenters. The number of aromatic nitrogens is 2. The molecule has 0 radical (unpaired) electrons. The molecule has 3 atom stereocenters. The van der Waals surface area contributed by atoms with Gasteiger partial charge in [0.15, 0.2) is 5.83 Å². The fraction of sp³-hybridized carbons (Fsp3) is 0.455. The van der Waals surface area contributed by atoms with Crippen molar-refractivity contribution in [2.24, 2.45) is 0 Å². The topological polar surface area (TPSA) is 105 Å². The maximum atomic E-state index is 13.4. The molecule has 2 rings (SSSR count). The van der Waals surface area contributed by atoms with Crippen molar-refractivity contribution in [3.63, 3.8) is 0 Å². The van der Waals surface area contributed by atoms with Gasteiger partial charge in [0.1, 0.15) is 12.3 Å². The second-order valence-corrected chi connectivity index (χ2v) is 4.73. The average molecular weight is 325 g/mol. The number of hydrogen-bond donors (Lipinski definition) is 3. The Morgan fingerprint density at radius 1 is 1.52 bits per heavy atom. The fourth-order valence-electron chi connectivity index (χ4n) is 2.01. The van der Waals surface area contributed by atoms with E-state index < -0.39 is 53.0 Å². The Morgan fingerprint density at radius 3 is 2.71 bits per heavy atom. The van der Waals surface area contributed by atoms with Crippen LogP contribution >= 0.6 is 11.6 Å². The summed E-state index contributed by atoms with van der Waals surface area (Å²) in [5.41, 5.74) is -2.86. The summed E-state index contributed by atoms with van der Waals surface area (Å²) in [4.78, 5) is 24.9. The lowest BCUT2D eigenvalue weighted by Crippen LogP contribution is -2.34. The van der Waals surface area contributed by atoms with Crippen LogP contribution in [0.3, 0.4) is 0 Å². The van der Waals surface area contributed by atoms with Gasteiger partial charge < -0.3 is 14.9 Å². The molecule has 7 nitrogen and oxygen atoms in total. The number of H-pyrrole nitrogens is 1. The van der Waals surface area contributed by atoms with Crippen LogP contribution in [-0.4, -0.2) is 38.6 Å². The quantitative estimate of drug-likeness (QED) is 0.725. The van der Waals surface area contributed by atoms with Crippen LogP contribution in [0.25, 0.3) is 5.83 Å². The van der Waals surface area contributed by atoms with E-state index >= 15 is 0 Å². The highest BCUT2D eigenvalue weighted by Gasteiger charge is 2.35. The van der Waals surface area contributed by atoms with Gasteiger partial charge in [0, 0.05) is 12.6 Å². The summed E-state index contributed by atoms with van der Waals surface area (Å²) in [6.45, 7) is -0.479. The molecule has 0 aromatic carbocycles. The zero-order valence-corrected chi connectivity index (χ0v) is 11.2. The van der Waals surface area contributed by atoms with Gasteiger partial charge in [-0.05, 0) is 11.6 Å². The number of aromatic amines is 1. The van der Waals surface area contributed by atoms with E-state index in [0.717, 1.165) is 10.8 Å². The van der Waals surface area contributed by atoms with E-state index in [1.54, 1.807) is 4.98 Å². The molecule has 1 aliphatic heterocycles. The summed E-state index contributed by atoms with van der Waals surface area (Å²) < 4.78 is 32.1. The van der Waals surface area contributed by atoms with Gasteiger partial charge in [-0.25, -0.2) is 9.18 Å². The largest absolute Gasteiger partial charge is 0.394 e. The van der Waals surface area contributed by atoms with Crippen molar-refractivity contribution in [3.05, 3.63) is 37.9 Å². The Balaban J connectivity index is 2.47. The molecule has 1 aromatic rings. The number of aliphatic hydroxyl groups is 2. The summed E-state index contributed by atoms with van der Waals surface area (Å²) in [6.07, 6.45) is -2.30. The Labute approximate surface area is 121 Å². The van der Waals surface area contributed by atoms with E-state index in [4.69, 9.17) is 21.4 Å². The monoisotopic (exact) mass is 324 g/mol. The Kier molecular flexibility index (Phi) is 4.57. The molecule has 10 heteroatoms. The van der Waals surface area contributed by atoms with Crippen LogP contribution in [0.1, 0.15) is 18.2 Å². The number of aliphatic hydroxyl groups excluding tert-OH is 2. The standard InChI is InChI=1S/C11H11ClF2N2O5/c12-9(14)8(13)4-2-16(11(20)15-10(4)19)7-1-5(18)6(3-17)21-7/h2,5-7,17-18H,1,3H2,(H,15,19,20)/t5?,6-,7-/m0/s1. The predicted octanol–water partition coefficient (Wildman–Crippen LogP) is -0.0188. The van der Waals surface area contributed by atoms with Crippen LogP contribution in [0.2, 0.25) is 0 Å².